The zero-order valence-corrected chi connectivity index (χ0v) is 9.33. The molecule has 0 spiro atoms. The number of aryl methyl sites for hydroxylation is 1. The number of carbonyl (C=O) groups excluding carboxylic acids is 1. The predicted molar refractivity (Wildman–Crippen MR) is 54.6 cm³/mol. The molecule has 1 heterocycles. The Kier molecular flexibility index (Phi) is 4.10. The van der Waals surface area contributed by atoms with Gasteiger partial charge < -0.3 is 4.74 Å². The van der Waals surface area contributed by atoms with Crippen LogP contribution in [0.3, 0.4) is 0 Å². The SMILES string of the molecule is CCOC(=O)c1cc(C#N)c(C(F)F)nc1C. The highest BCUT2D eigenvalue weighted by atomic mass is 19.3. The molecule has 0 unspecified atom stereocenters. The van der Waals surface area contributed by atoms with Gasteiger partial charge in [0.15, 0.2) is 0 Å². The van der Waals surface area contributed by atoms with E-state index in [9.17, 15) is 13.6 Å². The number of hydrogen-bond acceptors (Lipinski definition) is 4. The van der Waals surface area contributed by atoms with Crippen molar-refractivity contribution in [3.63, 3.8) is 0 Å². The molecule has 0 amide bonds. The largest absolute Gasteiger partial charge is 0.462 e. The van der Waals surface area contributed by atoms with Gasteiger partial charge in [0.1, 0.15) is 11.8 Å². The lowest BCUT2D eigenvalue weighted by atomic mass is 10.1. The van der Waals surface area contributed by atoms with E-state index in [4.69, 9.17) is 10.00 Å². The number of nitrogens with zero attached hydrogens (tertiary/aromatic N) is 2. The van der Waals surface area contributed by atoms with Gasteiger partial charge >= 0.3 is 5.97 Å². The van der Waals surface area contributed by atoms with E-state index < -0.39 is 18.1 Å². The van der Waals surface area contributed by atoms with Gasteiger partial charge in [-0.15, -0.1) is 0 Å². The smallest absolute Gasteiger partial charge is 0.340 e. The summed E-state index contributed by atoms with van der Waals surface area (Å²) in [5.74, 6) is -0.671. The zero-order chi connectivity index (χ0) is 13.0. The second-order valence-corrected chi connectivity index (χ2v) is 3.19. The van der Waals surface area contributed by atoms with Gasteiger partial charge in [0, 0.05) is 0 Å². The summed E-state index contributed by atoms with van der Waals surface area (Å²) >= 11 is 0. The lowest BCUT2D eigenvalue weighted by Crippen LogP contribution is -2.10. The van der Waals surface area contributed by atoms with E-state index in [1.54, 1.807) is 13.0 Å². The Bertz CT molecular complexity index is 481. The number of halogens is 2. The maximum atomic E-state index is 12.5. The lowest BCUT2D eigenvalue weighted by molar-refractivity contribution is 0.0524. The van der Waals surface area contributed by atoms with Crippen LogP contribution in [-0.4, -0.2) is 17.6 Å². The van der Waals surface area contributed by atoms with Crippen molar-refractivity contribution < 1.29 is 18.3 Å². The van der Waals surface area contributed by atoms with Gasteiger partial charge in [0.2, 0.25) is 0 Å². The van der Waals surface area contributed by atoms with Crippen LogP contribution in [0.1, 0.15) is 40.7 Å². The lowest BCUT2D eigenvalue weighted by Gasteiger charge is -2.08. The monoisotopic (exact) mass is 240 g/mol. The van der Waals surface area contributed by atoms with Crippen LogP contribution in [0, 0.1) is 18.3 Å². The molecule has 0 bridgehead atoms. The molecule has 0 N–H and O–H groups in total. The summed E-state index contributed by atoms with van der Waals surface area (Å²) in [5, 5.41) is 8.72. The van der Waals surface area contributed by atoms with Crippen LogP contribution in [0.2, 0.25) is 0 Å². The maximum Gasteiger partial charge on any atom is 0.340 e. The number of esters is 1. The summed E-state index contributed by atoms with van der Waals surface area (Å²) in [4.78, 5) is 15.0. The van der Waals surface area contributed by atoms with Crippen LogP contribution in [0.5, 0.6) is 0 Å². The van der Waals surface area contributed by atoms with Crippen molar-refractivity contribution in [1.29, 1.82) is 5.26 Å². The van der Waals surface area contributed by atoms with Gasteiger partial charge in [-0.2, -0.15) is 5.26 Å². The Morgan fingerprint density at radius 1 is 1.65 bits per heavy atom. The van der Waals surface area contributed by atoms with E-state index in [2.05, 4.69) is 4.98 Å². The molecule has 0 aliphatic carbocycles. The van der Waals surface area contributed by atoms with Crippen molar-refractivity contribution in [1.82, 2.24) is 4.98 Å². The minimum atomic E-state index is -2.85. The average molecular weight is 240 g/mol. The number of carbonyl (C=O) groups is 1. The first-order chi connectivity index (χ1) is 8.01. The molecule has 90 valence electrons. The fraction of sp³-hybridized carbons (Fsp3) is 0.364. The van der Waals surface area contributed by atoms with Crippen molar-refractivity contribution in [2.75, 3.05) is 6.61 Å². The van der Waals surface area contributed by atoms with Gasteiger partial charge in [-0.25, -0.2) is 18.6 Å². The molecule has 1 aromatic rings. The second-order valence-electron chi connectivity index (χ2n) is 3.19. The predicted octanol–water partition coefficient (Wildman–Crippen LogP) is 2.38. The number of pyridine rings is 1. The van der Waals surface area contributed by atoms with Crippen molar-refractivity contribution in [3.05, 3.63) is 28.6 Å². The summed E-state index contributed by atoms with van der Waals surface area (Å²) in [5.41, 5.74) is -0.766. The Balaban J connectivity index is 3.28. The molecule has 0 radical (unpaired) electrons. The minimum Gasteiger partial charge on any atom is -0.462 e. The quantitative estimate of drug-likeness (QED) is 0.761. The highest BCUT2D eigenvalue weighted by molar-refractivity contribution is 5.91. The Hall–Kier alpha value is -2.03. The molecule has 6 heteroatoms. The van der Waals surface area contributed by atoms with Crippen LogP contribution in [0.4, 0.5) is 8.78 Å². The number of ether oxygens (including phenoxy) is 1. The van der Waals surface area contributed by atoms with Crippen LogP contribution in [0.25, 0.3) is 0 Å². The number of rotatable bonds is 3. The first kappa shape index (κ1) is 13.0. The molecule has 4 nitrogen and oxygen atoms in total. The Morgan fingerprint density at radius 3 is 2.76 bits per heavy atom. The van der Waals surface area contributed by atoms with Crippen LogP contribution >= 0.6 is 0 Å². The van der Waals surface area contributed by atoms with E-state index in [-0.39, 0.29) is 23.4 Å². The van der Waals surface area contributed by atoms with Crippen LogP contribution in [-0.2, 0) is 4.74 Å². The number of hydrogen-bond donors (Lipinski definition) is 0. The summed E-state index contributed by atoms with van der Waals surface area (Å²) in [6.45, 7) is 3.20. The van der Waals surface area contributed by atoms with Crippen molar-refractivity contribution in [2.24, 2.45) is 0 Å². The highest BCUT2D eigenvalue weighted by Crippen LogP contribution is 2.23. The molecule has 0 saturated heterocycles. The maximum absolute atomic E-state index is 12.5. The summed E-state index contributed by atoms with van der Waals surface area (Å²) in [6, 6.07) is 2.68. The third kappa shape index (κ3) is 2.75. The topological polar surface area (TPSA) is 63.0 Å². The van der Waals surface area contributed by atoms with Gasteiger partial charge in [0.25, 0.3) is 6.43 Å². The van der Waals surface area contributed by atoms with Crippen molar-refractivity contribution >= 4 is 5.97 Å². The Morgan fingerprint density at radius 2 is 2.29 bits per heavy atom. The van der Waals surface area contributed by atoms with Gasteiger partial charge in [-0.05, 0) is 19.9 Å². The highest BCUT2D eigenvalue weighted by Gasteiger charge is 2.20. The third-order valence-corrected chi connectivity index (χ3v) is 2.07. The van der Waals surface area contributed by atoms with Crippen molar-refractivity contribution in [2.45, 2.75) is 20.3 Å². The van der Waals surface area contributed by atoms with E-state index >= 15 is 0 Å². The first-order valence-corrected chi connectivity index (χ1v) is 4.88. The average Bonchev–Trinajstić information content (AvgIpc) is 2.28. The Labute approximate surface area is 96.8 Å². The molecule has 17 heavy (non-hydrogen) atoms. The van der Waals surface area contributed by atoms with Gasteiger partial charge in [-0.3, -0.25) is 0 Å². The normalized spacial score (nSPS) is 10.1. The van der Waals surface area contributed by atoms with Crippen LogP contribution < -0.4 is 0 Å². The molecule has 0 aliphatic rings. The standard InChI is InChI=1S/C11H10F2N2O2/c1-3-17-11(16)8-4-7(5-14)9(10(12)13)15-6(8)2/h4,10H,3H2,1-2H3. The number of alkyl halides is 2. The van der Waals surface area contributed by atoms with E-state index in [0.29, 0.717) is 0 Å². The molecule has 0 saturated carbocycles. The second kappa shape index (κ2) is 5.34. The van der Waals surface area contributed by atoms with E-state index in [0.717, 1.165) is 6.07 Å². The van der Waals surface area contributed by atoms with E-state index in [1.807, 2.05) is 0 Å². The summed E-state index contributed by atoms with van der Waals surface area (Å²) in [6.07, 6.45) is -2.85. The zero-order valence-electron chi connectivity index (χ0n) is 9.33. The molecule has 1 rings (SSSR count). The fourth-order valence-corrected chi connectivity index (χ4v) is 1.30. The minimum absolute atomic E-state index is 0.0350. The van der Waals surface area contributed by atoms with Gasteiger partial charge in [0.05, 0.1) is 23.4 Å². The molecule has 0 aromatic carbocycles. The number of aromatic nitrogens is 1. The fourth-order valence-electron chi connectivity index (χ4n) is 1.30. The molecule has 0 atom stereocenters. The van der Waals surface area contributed by atoms with Crippen molar-refractivity contribution in [3.8, 4) is 6.07 Å². The summed E-state index contributed by atoms with van der Waals surface area (Å²) < 4.78 is 29.8. The first-order valence-electron chi connectivity index (χ1n) is 4.88. The van der Waals surface area contributed by atoms with E-state index in [1.165, 1.54) is 6.92 Å². The third-order valence-electron chi connectivity index (χ3n) is 2.07. The summed E-state index contributed by atoms with van der Waals surface area (Å²) in [7, 11) is 0. The molecule has 0 fully saturated rings. The molecular weight excluding hydrogens is 230 g/mol. The number of nitriles is 1. The van der Waals surface area contributed by atoms with Gasteiger partial charge in [-0.1, -0.05) is 0 Å². The molecule has 1 aromatic heterocycles. The molecule has 0 aliphatic heterocycles. The molecular formula is C11H10F2N2O2. The van der Waals surface area contributed by atoms with Crippen LogP contribution in [0.15, 0.2) is 6.07 Å².